The Labute approximate surface area is 121 Å². The van der Waals surface area contributed by atoms with Gasteiger partial charge in [0.2, 0.25) is 5.88 Å². The Balaban J connectivity index is 1.64. The second-order valence-electron chi connectivity index (χ2n) is 4.84. The van der Waals surface area contributed by atoms with Gasteiger partial charge in [0.05, 0.1) is 5.02 Å². The summed E-state index contributed by atoms with van der Waals surface area (Å²) in [4.78, 5) is 4.22. The van der Waals surface area contributed by atoms with Crippen molar-refractivity contribution < 1.29 is 9.13 Å². The lowest BCUT2D eigenvalue weighted by atomic mass is 10.3. The molecule has 5 heteroatoms. The predicted octanol–water partition coefficient (Wildman–Crippen LogP) is 3.92. The van der Waals surface area contributed by atoms with E-state index < -0.39 is 5.82 Å². The first kappa shape index (κ1) is 13.3. The lowest BCUT2D eigenvalue weighted by Crippen LogP contribution is -2.15. The van der Waals surface area contributed by atoms with Gasteiger partial charge in [-0.2, -0.15) is 0 Å². The van der Waals surface area contributed by atoms with E-state index in [9.17, 15) is 4.39 Å². The molecule has 0 radical (unpaired) electrons. The number of halogens is 2. The zero-order chi connectivity index (χ0) is 13.9. The molecule has 3 rings (SSSR count). The Bertz CT molecular complexity index is 599. The van der Waals surface area contributed by atoms with E-state index in [4.69, 9.17) is 16.3 Å². The van der Waals surface area contributed by atoms with Crippen molar-refractivity contribution in [3.05, 3.63) is 52.9 Å². The van der Waals surface area contributed by atoms with Crippen LogP contribution in [-0.2, 0) is 6.54 Å². The molecule has 0 atom stereocenters. The van der Waals surface area contributed by atoms with Gasteiger partial charge in [-0.05, 0) is 36.6 Å². The molecule has 20 heavy (non-hydrogen) atoms. The van der Waals surface area contributed by atoms with Crippen molar-refractivity contribution in [3.63, 3.8) is 0 Å². The molecule has 1 aliphatic rings. The molecule has 0 spiro atoms. The van der Waals surface area contributed by atoms with Crippen LogP contribution in [0.15, 0.2) is 36.5 Å². The van der Waals surface area contributed by atoms with E-state index >= 15 is 0 Å². The van der Waals surface area contributed by atoms with Gasteiger partial charge < -0.3 is 10.1 Å². The molecule has 1 saturated carbocycles. The average molecular weight is 293 g/mol. The minimum Gasteiger partial charge on any atom is -0.437 e. The molecule has 1 aromatic heterocycles. The fourth-order valence-electron chi connectivity index (χ4n) is 1.80. The summed E-state index contributed by atoms with van der Waals surface area (Å²) in [6, 6.07) is 8.41. The summed E-state index contributed by atoms with van der Waals surface area (Å²) in [6.07, 6.45) is 4.29. The first-order valence-corrected chi connectivity index (χ1v) is 6.90. The Kier molecular flexibility index (Phi) is 3.85. The number of nitrogens with one attached hydrogen (secondary N) is 1. The normalized spacial score (nSPS) is 14.3. The molecular weight excluding hydrogens is 279 g/mol. The first-order valence-electron chi connectivity index (χ1n) is 6.52. The van der Waals surface area contributed by atoms with Crippen LogP contribution < -0.4 is 10.1 Å². The Morgan fingerprint density at radius 1 is 1.30 bits per heavy atom. The van der Waals surface area contributed by atoms with Gasteiger partial charge in [0.15, 0.2) is 0 Å². The standard InChI is InChI=1S/C15H14ClFN2O/c16-13-7-11(17)2-5-14(13)20-15-6-1-10(9-19-15)8-18-12-3-4-12/h1-2,5-7,9,12,18H,3-4,8H2. The van der Waals surface area contributed by atoms with E-state index in [1.54, 1.807) is 12.3 Å². The smallest absolute Gasteiger partial charge is 0.219 e. The van der Waals surface area contributed by atoms with Crippen molar-refractivity contribution in [2.45, 2.75) is 25.4 Å². The number of aromatic nitrogens is 1. The summed E-state index contributed by atoms with van der Waals surface area (Å²) in [5.74, 6) is 0.440. The molecule has 1 fully saturated rings. The van der Waals surface area contributed by atoms with Gasteiger partial charge >= 0.3 is 0 Å². The summed E-state index contributed by atoms with van der Waals surface area (Å²) in [7, 11) is 0. The highest BCUT2D eigenvalue weighted by atomic mass is 35.5. The maximum Gasteiger partial charge on any atom is 0.219 e. The fourth-order valence-corrected chi connectivity index (χ4v) is 2.00. The quantitative estimate of drug-likeness (QED) is 0.907. The fraction of sp³-hybridized carbons (Fsp3) is 0.267. The van der Waals surface area contributed by atoms with E-state index in [1.165, 1.54) is 31.0 Å². The second kappa shape index (κ2) is 5.77. The average Bonchev–Trinajstić information content (AvgIpc) is 3.25. The number of pyridine rings is 1. The topological polar surface area (TPSA) is 34.1 Å². The minimum absolute atomic E-state index is 0.228. The highest BCUT2D eigenvalue weighted by Crippen LogP contribution is 2.28. The molecule has 1 aliphatic carbocycles. The lowest BCUT2D eigenvalue weighted by molar-refractivity contribution is 0.461. The van der Waals surface area contributed by atoms with Crippen molar-refractivity contribution in [3.8, 4) is 11.6 Å². The van der Waals surface area contributed by atoms with Gasteiger partial charge in [0.1, 0.15) is 11.6 Å². The third kappa shape index (κ3) is 3.46. The Hall–Kier alpha value is -1.65. The molecule has 1 N–H and O–H groups in total. The van der Waals surface area contributed by atoms with Crippen molar-refractivity contribution in [2.24, 2.45) is 0 Å². The first-order chi connectivity index (χ1) is 9.70. The molecule has 0 amide bonds. The third-order valence-electron chi connectivity index (χ3n) is 3.08. The summed E-state index contributed by atoms with van der Waals surface area (Å²) < 4.78 is 18.5. The zero-order valence-electron chi connectivity index (χ0n) is 10.8. The van der Waals surface area contributed by atoms with Crippen LogP contribution in [0.1, 0.15) is 18.4 Å². The third-order valence-corrected chi connectivity index (χ3v) is 3.37. The van der Waals surface area contributed by atoms with Gasteiger partial charge in [0, 0.05) is 24.8 Å². The van der Waals surface area contributed by atoms with Gasteiger partial charge in [0.25, 0.3) is 0 Å². The van der Waals surface area contributed by atoms with Crippen molar-refractivity contribution in [1.82, 2.24) is 10.3 Å². The molecule has 0 bridgehead atoms. The Morgan fingerprint density at radius 3 is 2.80 bits per heavy atom. The van der Waals surface area contributed by atoms with Gasteiger partial charge in [-0.1, -0.05) is 17.7 Å². The number of hydrogen-bond acceptors (Lipinski definition) is 3. The van der Waals surface area contributed by atoms with Crippen LogP contribution in [-0.4, -0.2) is 11.0 Å². The largest absolute Gasteiger partial charge is 0.437 e. The van der Waals surface area contributed by atoms with E-state index in [0.717, 1.165) is 12.1 Å². The minimum atomic E-state index is -0.392. The monoisotopic (exact) mass is 292 g/mol. The molecule has 104 valence electrons. The number of rotatable bonds is 5. The number of nitrogens with zero attached hydrogens (tertiary/aromatic N) is 1. The van der Waals surface area contributed by atoms with Crippen LogP contribution in [0.3, 0.4) is 0 Å². The maximum absolute atomic E-state index is 12.9. The molecule has 0 saturated heterocycles. The van der Waals surface area contributed by atoms with Crippen molar-refractivity contribution in [2.75, 3.05) is 0 Å². The molecule has 0 unspecified atom stereocenters. The second-order valence-corrected chi connectivity index (χ2v) is 5.24. The van der Waals surface area contributed by atoms with E-state index in [1.807, 2.05) is 6.07 Å². The Morgan fingerprint density at radius 2 is 2.15 bits per heavy atom. The summed E-state index contributed by atoms with van der Waals surface area (Å²) in [6.45, 7) is 0.815. The summed E-state index contributed by atoms with van der Waals surface area (Å²) in [5.41, 5.74) is 1.11. The highest BCUT2D eigenvalue weighted by Gasteiger charge is 2.19. The zero-order valence-corrected chi connectivity index (χ0v) is 11.5. The number of benzene rings is 1. The van der Waals surface area contributed by atoms with E-state index in [2.05, 4.69) is 10.3 Å². The molecular formula is C15H14ClFN2O. The van der Waals surface area contributed by atoms with E-state index in [-0.39, 0.29) is 5.02 Å². The molecule has 1 aromatic carbocycles. The van der Waals surface area contributed by atoms with Gasteiger partial charge in [-0.25, -0.2) is 9.37 Å². The number of hydrogen-bond donors (Lipinski definition) is 1. The van der Waals surface area contributed by atoms with Crippen molar-refractivity contribution in [1.29, 1.82) is 0 Å². The summed E-state index contributed by atoms with van der Waals surface area (Å²) in [5, 5.41) is 3.64. The molecule has 3 nitrogen and oxygen atoms in total. The number of ether oxygens (including phenoxy) is 1. The van der Waals surface area contributed by atoms with Crippen molar-refractivity contribution >= 4 is 11.6 Å². The van der Waals surface area contributed by atoms with Crippen LogP contribution in [0.2, 0.25) is 5.02 Å². The molecule has 2 aromatic rings. The van der Waals surface area contributed by atoms with Crippen LogP contribution in [0.5, 0.6) is 11.6 Å². The van der Waals surface area contributed by atoms with Gasteiger partial charge in [-0.3, -0.25) is 0 Å². The maximum atomic E-state index is 12.9. The summed E-state index contributed by atoms with van der Waals surface area (Å²) >= 11 is 5.90. The van der Waals surface area contributed by atoms with Crippen LogP contribution in [0.4, 0.5) is 4.39 Å². The predicted molar refractivity (Wildman–Crippen MR) is 75.6 cm³/mol. The van der Waals surface area contributed by atoms with Crippen LogP contribution in [0, 0.1) is 5.82 Å². The lowest BCUT2D eigenvalue weighted by Gasteiger charge is -2.07. The highest BCUT2D eigenvalue weighted by molar-refractivity contribution is 6.32. The molecule has 0 aliphatic heterocycles. The van der Waals surface area contributed by atoms with Crippen LogP contribution >= 0.6 is 11.6 Å². The van der Waals surface area contributed by atoms with E-state index in [0.29, 0.717) is 17.7 Å². The van der Waals surface area contributed by atoms with Gasteiger partial charge in [-0.15, -0.1) is 0 Å². The van der Waals surface area contributed by atoms with Crippen LogP contribution in [0.25, 0.3) is 0 Å². The molecule has 1 heterocycles. The SMILES string of the molecule is Fc1ccc(Oc2ccc(CNC3CC3)cn2)c(Cl)c1.